The Morgan fingerprint density at radius 1 is 0.897 bits per heavy atom. The van der Waals surface area contributed by atoms with E-state index in [0.29, 0.717) is 6.54 Å². The van der Waals surface area contributed by atoms with Crippen LogP contribution in [-0.2, 0) is 5.54 Å². The summed E-state index contributed by atoms with van der Waals surface area (Å²) in [6.07, 6.45) is 7.30. The van der Waals surface area contributed by atoms with Gasteiger partial charge >= 0.3 is 0 Å². The first kappa shape index (κ1) is 20.6. The van der Waals surface area contributed by atoms with Gasteiger partial charge in [0.15, 0.2) is 0 Å². The molecular weight excluding hydrogens is 378 g/mol. The van der Waals surface area contributed by atoms with E-state index in [1.807, 2.05) is 42.9 Å². The Morgan fingerprint density at radius 3 is 1.86 bits per heavy atom. The molecule has 2 N–H and O–H groups in total. The Morgan fingerprint density at radius 2 is 1.41 bits per heavy atom. The Bertz CT molecular complexity index is 973. The number of hydrogen-bond donors (Lipinski definition) is 1. The average molecular weight is 402 g/mol. The lowest BCUT2D eigenvalue weighted by Crippen LogP contribution is -2.37. The van der Waals surface area contributed by atoms with Crippen LogP contribution in [0.1, 0.15) is 16.7 Å². The first-order valence-corrected chi connectivity index (χ1v) is 9.78. The monoisotopic (exact) mass is 401 g/mol. The van der Waals surface area contributed by atoms with Crippen LogP contribution in [0.4, 0.5) is 0 Å². The van der Waals surface area contributed by atoms with Crippen molar-refractivity contribution in [2.45, 2.75) is 5.54 Å². The van der Waals surface area contributed by atoms with Crippen LogP contribution in [0.25, 0.3) is 0 Å². The van der Waals surface area contributed by atoms with Crippen LogP contribution in [0, 0.1) is 0 Å². The highest BCUT2D eigenvalue weighted by molar-refractivity contribution is 6.31. The average Bonchev–Trinajstić information content (AvgIpc) is 3.32. The number of nitrogens with zero attached hydrogens (tertiary/aromatic N) is 2. The van der Waals surface area contributed by atoms with Crippen LogP contribution in [0.15, 0.2) is 116 Å². The fraction of sp³-hybridized carbons (Fsp3) is 0.0800. The molecule has 0 spiro atoms. The van der Waals surface area contributed by atoms with E-state index in [2.05, 4.69) is 70.7 Å². The SMILES string of the molecule is C=CCN.Clc1ccccc1C(c1ccccc1)(c1ccccc1)n1ccnc1. The van der Waals surface area contributed by atoms with E-state index in [1.54, 1.807) is 12.3 Å². The maximum absolute atomic E-state index is 6.69. The zero-order valence-electron chi connectivity index (χ0n) is 16.2. The smallest absolute Gasteiger partial charge is 0.123 e. The first-order valence-electron chi connectivity index (χ1n) is 9.40. The van der Waals surface area contributed by atoms with Crippen LogP contribution in [0.5, 0.6) is 0 Å². The molecule has 0 bridgehead atoms. The van der Waals surface area contributed by atoms with Gasteiger partial charge in [-0.2, -0.15) is 0 Å². The maximum atomic E-state index is 6.69. The normalized spacial score (nSPS) is 10.7. The zero-order valence-corrected chi connectivity index (χ0v) is 16.9. The van der Waals surface area contributed by atoms with Gasteiger partial charge in [0.05, 0.1) is 6.33 Å². The lowest BCUT2D eigenvalue weighted by atomic mass is 9.76. The summed E-state index contributed by atoms with van der Waals surface area (Å²) in [5.41, 5.74) is 7.61. The molecule has 146 valence electrons. The number of aromatic nitrogens is 2. The third-order valence-electron chi connectivity index (χ3n) is 4.71. The fourth-order valence-corrected chi connectivity index (χ4v) is 3.76. The Labute approximate surface area is 177 Å². The molecule has 1 aromatic heterocycles. The van der Waals surface area contributed by atoms with Crippen molar-refractivity contribution < 1.29 is 0 Å². The van der Waals surface area contributed by atoms with E-state index >= 15 is 0 Å². The number of hydrogen-bond acceptors (Lipinski definition) is 2. The van der Waals surface area contributed by atoms with Crippen LogP contribution in [-0.4, -0.2) is 16.1 Å². The van der Waals surface area contributed by atoms with Gasteiger partial charge in [-0.05, 0) is 17.2 Å². The lowest BCUT2D eigenvalue weighted by molar-refractivity contribution is 0.515. The molecule has 0 fully saturated rings. The Hall–Kier alpha value is -3.14. The lowest BCUT2D eigenvalue weighted by Gasteiger charge is -2.37. The quantitative estimate of drug-likeness (QED) is 0.354. The third kappa shape index (κ3) is 4.16. The second kappa shape index (κ2) is 9.87. The van der Waals surface area contributed by atoms with Crippen molar-refractivity contribution in [3.8, 4) is 0 Å². The summed E-state index contributed by atoms with van der Waals surface area (Å²) in [5.74, 6) is 0. The van der Waals surface area contributed by atoms with Crippen LogP contribution < -0.4 is 5.73 Å². The molecule has 1 heterocycles. The number of nitrogens with two attached hydrogens (primary N) is 1. The van der Waals surface area contributed by atoms with Crippen molar-refractivity contribution in [1.82, 2.24) is 9.55 Å². The van der Waals surface area contributed by atoms with Gasteiger partial charge in [-0.15, -0.1) is 6.58 Å². The van der Waals surface area contributed by atoms with Crippen molar-refractivity contribution in [3.05, 3.63) is 138 Å². The van der Waals surface area contributed by atoms with E-state index in [9.17, 15) is 0 Å². The molecule has 0 aliphatic heterocycles. The van der Waals surface area contributed by atoms with Crippen LogP contribution >= 0.6 is 11.6 Å². The predicted molar refractivity (Wildman–Crippen MR) is 121 cm³/mol. The first-order chi connectivity index (χ1) is 14.2. The molecule has 0 radical (unpaired) electrons. The van der Waals surface area contributed by atoms with E-state index in [0.717, 1.165) is 21.7 Å². The van der Waals surface area contributed by atoms with Gasteiger partial charge in [-0.3, -0.25) is 0 Å². The molecule has 0 atom stereocenters. The molecule has 4 aromatic rings. The summed E-state index contributed by atoms with van der Waals surface area (Å²) in [4.78, 5) is 4.31. The molecular formula is C25H24ClN3. The summed E-state index contributed by atoms with van der Waals surface area (Å²) in [6.45, 7) is 3.94. The topological polar surface area (TPSA) is 43.8 Å². The minimum Gasteiger partial charge on any atom is -0.327 e. The maximum Gasteiger partial charge on any atom is 0.123 e. The van der Waals surface area contributed by atoms with Crippen LogP contribution in [0.3, 0.4) is 0 Å². The van der Waals surface area contributed by atoms with Gasteiger partial charge < -0.3 is 10.3 Å². The standard InChI is InChI=1S/C22H17ClN2.C3H7N/c23-21-14-8-7-13-20(21)22(25-16-15-24-17-25,18-9-3-1-4-10-18)19-11-5-2-6-12-19;1-2-3-4/h1-17H;2H,1,3-4H2. The highest BCUT2D eigenvalue weighted by Crippen LogP contribution is 2.43. The summed E-state index contributed by atoms with van der Waals surface area (Å²) >= 11 is 6.69. The fourth-order valence-electron chi connectivity index (χ4n) is 3.49. The van der Waals surface area contributed by atoms with E-state index in [1.165, 1.54) is 0 Å². The Balaban J connectivity index is 0.000000552. The molecule has 0 aliphatic rings. The van der Waals surface area contributed by atoms with E-state index < -0.39 is 5.54 Å². The molecule has 3 nitrogen and oxygen atoms in total. The number of imidazole rings is 1. The molecule has 29 heavy (non-hydrogen) atoms. The molecule has 4 heteroatoms. The van der Waals surface area contributed by atoms with Crippen molar-refractivity contribution in [2.24, 2.45) is 5.73 Å². The molecule has 0 unspecified atom stereocenters. The summed E-state index contributed by atoms with van der Waals surface area (Å²) < 4.78 is 2.12. The van der Waals surface area contributed by atoms with Gasteiger partial charge in [0.1, 0.15) is 5.54 Å². The molecule has 4 rings (SSSR count). The van der Waals surface area contributed by atoms with Gasteiger partial charge in [0.25, 0.3) is 0 Å². The molecule has 0 amide bonds. The van der Waals surface area contributed by atoms with Crippen molar-refractivity contribution >= 4 is 11.6 Å². The second-order valence-electron chi connectivity index (χ2n) is 6.42. The van der Waals surface area contributed by atoms with E-state index in [-0.39, 0.29) is 0 Å². The highest BCUT2D eigenvalue weighted by atomic mass is 35.5. The Kier molecular flexibility index (Phi) is 7.01. The van der Waals surface area contributed by atoms with Gasteiger partial charge in [0, 0.05) is 29.5 Å². The molecule has 0 aliphatic carbocycles. The van der Waals surface area contributed by atoms with Gasteiger partial charge in [-0.1, -0.05) is 96.5 Å². The number of halogens is 1. The van der Waals surface area contributed by atoms with Crippen molar-refractivity contribution in [3.63, 3.8) is 0 Å². The summed E-state index contributed by atoms with van der Waals surface area (Å²) in [5, 5.41) is 0.726. The second-order valence-corrected chi connectivity index (χ2v) is 6.82. The van der Waals surface area contributed by atoms with Crippen LogP contribution in [0.2, 0.25) is 5.02 Å². The largest absolute Gasteiger partial charge is 0.327 e. The van der Waals surface area contributed by atoms with Crippen molar-refractivity contribution in [1.29, 1.82) is 0 Å². The minimum atomic E-state index is -0.586. The number of benzene rings is 3. The van der Waals surface area contributed by atoms with Gasteiger partial charge in [-0.25, -0.2) is 4.98 Å². The third-order valence-corrected chi connectivity index (χ3v) is 5.03. The minimum absolute atomic E-state index is 0.583. The number of rotatable bonds is 5. The van der Waals surface area contributed by atoms with E-state index in [4.69, 9.17) is 17.3 Å². The molecule has 0 saturated heterocycles. The predicted octanol–water partition coefficient (Wildman–Crippen LogP) is 5.51. The zero-order chi connectivity index (χ0) is 20.5. The molecule has 0 saturated carbocycles. The molecule has 3 aromatic carbocycles. The summed E-state index contributed by atoms with van der Waals surface area (Å²) in [6, 6.07) is 28.8. The highest BCUT2D eigenvalue weighted by Gasteiger charge is 2.39. The summed E-state index contributed by atoms with van der Waals surface area (Å²) in [7, 11) is 0. The van der Waals surface area contributed by atoms with Crippen molar-refractivity contribution in [2.75, 3.05) is 6.54 Å². The van der Waals surface area contributed by atoms with Gasteiger partial charge in [0.2, 0.25) is 0 Å².